The van der Waals surface area contributed by atoms with Crippen LogP contribution < -0.4 is 11.1 Å². The maximum atomic E-state index is 9.93. The third kappa shape index (κ3) is 3.15. The molecule has 1 atom stereocenters. The average Bonchev–Trinajstić information content (AvgIpc) is 2.73. The Balaban J connectivity index is 1.93. The first-order chi connectivity index (χ1) is 8.15. The maximum absolute atomic E-state index is 9.93. The summed E-state index contributed by atoms with van der Waals surface area (Å²) in [7, 11) is 0. The standard InChI is InChI=1S/C11H14N4OS/c1-7-14-11(17-15-7)13-6-10(16)8-2-4-9(12)5-3-8/h2-5,10,16H,6,12H2,1H3,(H,13,14,15). The first kappa shape index (κ1) is 11.8. The number of benzene rings is 1. The molecule has 0 bridgehead atoms. The van der Waals surface area contributed by atoms with Gasteiger partial charge in [0.15, 0.2) is 0 Å². The molecule has 0 saturated heterocycles. The number of nitrogens with zero attached hydrogens (tertiary/aromatic N) is 2. The summed E-state index contributed by atoms with van der Waals surface area (Å²) in [6.45, 7) is 2.23. The van der Waals surface area contributed by atoms with Crippen molar-refractivity contribution in [1.29, 1.82) is 0 Å². The zero-order chi connectivity index (χ0) is 12.3. The Morgan fingerprint density at radius 2 is 2.12 bits per heavy atom. The van der Waals surface area contributed by atoms with Gasteiger partial charge in [-0.05, 0) is 24.6 Å². The van der Waals surface area contributed by atoms with E-state index in [0.29, 0.717) is 12.2 Å². The molecule has 2 aromatic rings. The summed E-state index contributed by atoms with van der Waals surface area (Å²) < 4.78 is 4.05. The van der Waals surface area contributed by atoms with Gasteiger partial charge in [0.2, 0.25) is 5.13 Å². The van der Waals surface area contributed by atoms with E-state index in [0.717, 1.165) is 16.5 Å². The molecule has 1 heterocycles. The Kier molecular flexibility index (Phi) is 3.55. The third-order valence-corrected chi connectivity index (χ3v) is 3.06. The molecule has 0 radical (unpaired) electrons. The van der Waals surface area contributed by atoms with Gasteiger partial charge in [0.05, 0.1) is 6.10 Å². The number of nitrogens with one attached hydrogen (secondary N) is 1. The van der Waals surface area contributed by atoms with E-state index in [-0.39, 0.29) is 0 Å². The lowest BCUT2D eigenvalue weighted by Gasteiger charge is -2.11. The molecular formula is C11H14N4OS. The highest BCUT2D eigenvalue weighted by molar-refractivity contribution is 7.09. The molecule has 0 aliphatic rings. The molecule has 0 amide bonds. The monoisotopic (exact) mass is 250 g/mol. The molecule has 2 rings (SSSR count). The summed E-state index contributed by atoms with van der Waals surface area (Å²) in [5.41, 5.74) is 7.10. The highest BCUT2D eigenvalue weighted by atomic mass is 32.1. The SMILES string of the molecule is Cc1nsc(NCC(O)c2ccc(N)cc2)n1. The summed E-state index contributed by atoms with van der Waals surface area (Å²) in [4.78, 5) is 4.16. The van der Waals surface area contributed by atoms with Gasteiger partial charge in [-0.1, -0.05) is 12.1 Å². The number of aliphatic hydroxyl groups is 1. The van der Waals surface area contributed by atoms with Crippen molar-refractivity contribution < 1.29 is 5.11 Å². The second kappa shape index (κ2) is 5.11. The number of rotatable bonds is 4. The molecule has 6 heteroatoms. The Morgan fingerprint density at radius 3 is 2.71 bits per heavy atom. The van der Waals surface area contributed by atoms with Gasteiger partial charge in [0, 0.05) is 23.8 Å². The van der Waals surface area contributed by atoms with E-state index in [2.05, 4.69) is 14.7 Å². The zero-order valence-electron chi connectivity index (χ0n) is 9.42. The molecule has 0 aliphatic carbocycles. The normalized spacial score (nSPS) is 12.4. The molecule has 0 fully saturated rings. The Bertz CT molecular complexity index is 482. The van der Waals surface area contributed by atoms with Gasteiger partial charge in [-0.2, -0.15) is 4.37 Å². The van der Waals surface area contributed by atoms with Crippen molar-refractivity contribution in [3.05, 3.63) is 35.7 Å². The van der Waals surface area contributed by atoms with Crippen molar-refractivity contribution in [2.45, 2.75) is 13.0 Å². The molecule has 90 valence electrons. The van der Waals surface area contributed by atoms with Crippen molar-refractivity contribution in [3.63, 3.8) is 0 Å². The van der Waals surface area contributed by atoms with Crippen LogP contribution in [0.15, 0.2) is 24.3 Å². The van der Waals surface area contributed by atoms with Crippen LogP contribution in [0.1, 0.15) is 17.5 Å². The first-order valence-corrected chi connectivity index (χ1v) is 6.00. The minimum atomic E-state index is -0.584. The van der Waals surface area contributed by atoms with Crippen LogP contribution in [-0.4, -0.2) is 21.0 Å². The van der Waals surface area contributed by atoms with Gasteiger partial charge in [-0.25, -0.2) is 4.98 Å². The second-order valence-electron chi connectivity index (χ2n) is 3.71. The van der Waals surface area contributed by atoms with Crippen LogP contribution in [0.25, 0.3) is 0 Å². The minimum Gasteiger partial charge on any atom is -0.399 e. The molecule has 4 N–H and O–H groups in total. The number of aryl methyl sites for hydroxylation is 1. The molecule has 0 aliphatic heterocycles. The smallest absolute Gasteiger partial charge is 0.202 e. The maximum Gasteiger partial charge on any atom is 0.202 e. The predicted molar refractivity (Wildman–Crippen MR) is 68.9 cm³/mol. The molecule has 1 aromatic heterocycles. The lowest BCUT2D eigenvalue weighted by Crippen LogP contribution is -2.12. The van der Waals surface area contributed by atoms with Crippen LogP contribution in [0, 0.1) is 6.92 Å². The number of aromatic nitrogens is 2. The van der Waals surface area contributed by atoms with E-state index in [1.807, 2.05) is 19.1 Å². The third-order valence-electron chi connectivity index (χ3n) is 2.30. The van der Waals surface area contributed by atoms with Crippen molar-refractivity contribution in [2.75, 3.05) is 17.6 Å². The number of aliphatic hydroxyl groups excluding tert-OH is 1. The van der Waals surface area contributed by atoms with Gasteiger partial charge >= 0.3 is 0 Å². The summed E-state index contributed by atoms with van der Waals surface area (Å²) in [5, 5.41) is 13.7. The molecule has 1 unspecified atom stereocenters. The molecule has 0 saturated carbocycles. The summed E-state index contributed by atoms with van der Waals surface area (Å²) in [6, 6.07) is 7.17. The van der Waals surface area contributed by atoms with Crippen LogP contribution in [0.3, 0.4) is 0 Å². The largest absolute Gasteiger partial charge is 0.399 e. The van der Waals surface area contributed by atoms with Crippen molar-refractivity contribution in [2.24, 2.45) is 0 Å². The Hall–Kier alpha value is -1.66. The van der Waals surface area contributed by atoms with Gasteiger partial charge < -0.3 is 16.2 Å². The first-order valence-electron chi connectivity index (χ1n) is 5.23. The number of hydrogen-bond acceptors (Lipinski definition) is 6. The quantitative estimate of drug-likeness (QED) is 0.717. The van der Waals surface area contributed by atoms with E-state index in [1.165, 1.54) is 11.5 Å². The van der Waals surface area contributed by atoms with E-state index in [1.54, 1.807) is 12.1 Å². The highest BCUT2D eigenvalue weighted by Crippen LogP contribution is 2.17. The Labute approximate surface area is 103 Å². The summed E-state index contributed by atoms with van der Waals surface area (Å²) in [5.74, 6) is 0.736. The number of anilines is 2. The highest BCUT2D eigenvalue weighted by Gasteiger charge is 2.08. The predicted octanol–water partition coefficient (Wildman–Crippen LogP) is 1.57. The summed E-state index contributed by atoms with van der Waals surface area (Å²) in [6.07, 6.45) is -0.584. The zero-order valence-corrected chi connectivity index (χ0v) is 10.2. The fourth-order valence-corrected chi connectivity index (χ4v) is 1.97. The Morgan fingerprint density at radius 1 is 1.41 bits per heavy atom. The molecule has 17 heavy (non-hydrogen) atoms. The fraction of sp³-hybridized carbons (Fsp3) is 0.273. The van der Waals surface area contributed by atoms with Crippen LogP contribution >= 0.6 is 11.5 Å². The van der Waals surface area contributed by atoms with E-state index in [4.69, 9.17) is 5.73 Å². The molecule has 5 nitrogen and oxygen atoms in total. The second-order valence-corrected chi connectivity index (χ2v) is 4.46. The van der Waals surface area contributed by atoms with Gasteiger partial charge in [0.1, 0.15) is 5.82 Å². The number of hydrogen-bond donors (Lipinski definition) is 3. The van der Waals surface area contributed by atoms with Crippen LogP contribution in [-0.2, 0) is 0 Å². The van der Waals surface area contributed by atoms with E-state index >= 15 is 0 Å². The summed E-state index contributed by atoms with van der Waals surface area (Å²) >= 11 is 1.29. The molecule has 1 aromatic carbocycles. The topological polar surface area (TPSA) is 84.1 Å². The van der Waals surface area contributed by atoms with Crippen molar-refractivity contribution in [1.82, 2.24) is 9.36 Å². The number of nitrogen functional groups attached to an aromatic ring is 1. The van der Waals surface area contributed by atoms with E-state index in [9.17, 15) is 5.11 Å². The van der Waals surface area contributed by atoms with Crippen LogP contribution in [0.5, 0.6) is 0 Å². The van der Waals surface area contributed by atoms with Crippen LogP contribution in [0.2, 0.25) is 0 Å². The van der Waals surface area contributed by atoms with Gasteiger partial charge in [-0.15, -0.1) is 0 Å². The number of nitrogens with two attached hydrogens (primary N) is 1. The lowest BCUT2D eigenvalue weighted by atomic mass is 10.1. The van der Waals surface area contributed by atoms with E-state index < -0.39 is 6.10 Å². The lowest BCUT2D eigenvalue weighted by molar-refractivity contribution is 0.191. The van der Waals surface area contributed by atoms with Gasteiger partial charge in [0.25, 0.3) is 0 Å². The minimum absolute atomic E-state index is 0.401. The molecular weight excluding hydrogens is 236 g/mol. The van der Waals surface area contributed by atoms with Gasteiger partial charge in [-0.3, -0.25) is 0 Å². The van der Waals surface area contributed by atoms with Crippen LogP contribution in [0.4, 0.5) is 10.8 Å². The molecule has 0 spiro atoms. The average molecular weight is 250 g/mol. The van der Waals surface area contributed by atoms with Crippen molar-refractivity contribution in [3.8, 4) is 0 Å². The fourth-order valence-electron chi connectivity index (χ4n) is 1.39. The van der Waals surface area contributed by atoms with Crippen molar-refractivity contribution >= 4 is 22.4 Å².